The van der Waals surface area contributed by atoms with Crippen molar-refractivity contribution in [2.45, 2.75) is 18.9 Å². The summed E-state index contributed by atoms with van der Waals surface area (Å²) in [5.41, 5.74) is 6.26. The Bertz CT molecular complexity index is 1790. The largest absolute Gasteiger partial charge is 0.465 e. The number of halogens is 2. The number of hydrogen-bond acceptors (Lipinski definition) is 5. The lowest BCUT2D eigenvalue weighted by Crippen LogP contribution is -2.38. The number of esters is 1. The quantitative estimate of drug-likeness (QED) is 0.322. The first-order chi connectivity index (χ1) is 17.9. The van der Waals surface area contributed by atoms with Crippen LogP contribution >= 0.6 is 34.5 Å². The van der Waals surface area contributed by atoms with Crippen LogP contribution in [0.1, 0.15) is 45.1 Å². The third-order valence-electron chi connectivity index (χ3n) is 6.76. The fourth-order valence-corrected chi connectivity index (χ4v) is 6.52. The Hall–Kier alpha value is -3.45. The van der Waals surface area contributed by atoms with Gasteiger partial charge in [-0.3, -0.25) is 9.36 Å². The van der Waals surface area contributed by atoms with Crippen LogP contribution < -0.4 is 14.9 Å². The summed E-state index contributed by atoms with van der Waals surface area (Å²) in [6.07, 6.45) is 3.46. The first-order valence-corrected chi connectivity index (χ1v) is 13.3. The van der Waals surface area contributed by atoms with Crippen LogP contribution in [0.4, 0.5) is 0 Å². The number of thiazole rings is 1. The summed E-state index contributed by atoms with van der Waals surface area (Å²) in [6.45, 7) is 0. The van der Waals surface area contributed by atoms with Gasteiger partial charge in [-0.25, -0.2) is 9.79 Å². The predicted octanol–water partition coefficient (Wildman–Crippen LogP) is 5.41. The fourth-order valence-electron chi connectivity index (χ4n) is 5.01. The van der Waals surface area contributed by atoms with Crippen LogP contribution in [0, 0.1) is 0 Å². The van der Waals surface area contributed by atoms with Crippen molar-refractivity contribution in [3.05, 3.63) is 130 Å². The van der Waals surface area contributed by atoms with Crippen LogP contribution in [0.25, 0.3) is 11.8 Å². The molecule has 37 heavy (non-hydrogen) atoms. The molecule has 1 aliphatic carbocycles. The Kier molecular flexibility index (Phi) is 6.11. The molecule has 1 aliphatic heterocycles. The van der Waals surface area contributed by atoms with Crippen LogP contribution in [0.15, 0.2) is 82.1 Å². The van der Waals surface area contributed by atoms with E-state index in [2.05, 4.69) is 12.1 Å². The number of rotatable bonds is 3. The van der Waals surface area contributed by atoms with Gasteiger partial charge < -0.3 is 4.74 Å². The van der Waals surface area contributed by atoms with Crippen LogP contribution in [-0.2, 0) is 11.2 Å². The number of carbonyl (C=O) groups is 1. The van der Waals surface area contributed by atoms with E-state index in [4.69, 9.17) is 32.9 Å². The topological polar surface area (TPSA) is 60.7 Å². The molecule has 2 aliphatic rings. The smallest absolute Gasteiger partial charge is 0.337 e. The number of hydrogen-bond donors (Lipinski definition) is 0. The van der Waals surface area contributed by atoms with Crippen molar-refractivity contribution in [2.75, 3.05) is 7.11 Å². The zero-order valence-electron chi connectivity index (χ0n) is 19.7. The van der Waals surface area contributed by atoms with Gasteiger partial charge >= 0.3 is 5.97 Å². The molecule has 2 heterocycles. The minimum absolute atomic E-state index is 0.137. The SMILES string of the molecule is COC(=O)c1ccc(C=c2sc3n(c2=O)[C@H](c2ccc(Cl)cc2Cl)C2=C(N=3)c3ccccc3CC2)cc1. The number of fused-ring (bicyclic) bond motifs is 3. The lowest BCUT2D eigenvalue weighted by molar-refractivity contribution is 0.0600. The number of nitrogens with zero attached hydrogens (tertiary/aromatic N) is 2. The van der Waals surface area contributed by atoms with Gasteiger partial charge in [-0.15, -0.1) is 0 Å². The van der Waals surface area contributed by atoms with Crippen LogP contribution in [-0.4, -0.2) is 17.6 Å². The zero-order chi connectivity index (χ0) is 25.7. The Labute approximate surface area is 226 Å². The van der Waals surface area contributed by atoms with E-state index < -0.39 is 5.97 Å². The van der Waals surface area contributed by atoms with E-state index in [1.54, 1.807) is 41.0 Å². The summed E-state index contributed by atoms with van der Waals surface area (Å²) in [4.78, 5) is 31.3. The third-order valence-corrected chi connectivity index (χ3v) is 8.30. The molecule has 0 N–H and O–H groups in total. The molecular weight excluding hydrogens is 527 g/mol. The van der Waals surface area contributed by atoms with E-state index in [1.165, 1.54) is 24.0 Å². The summed E-state index contributed by atoms with van der Waals surface area (Å²) in [5, 5.41) is 1.05. The molecular formula is C29H20Cl2N2O3S. The first-order valence-electron chi connectivity index (χ1n) is 11.7. The number of methoxy groups -OCH3 is 1. The van der Waals surface area contributed by atoms with Crippen LogP contribution in [0.2, 0.25) is 10.0 Å². The van der Waals surface area contributed by atoms with Crippen molar-refractivity contribution in [1.29, 1.82) is 0 Å². The maximum Gasteiger partial charge on any atom is 0.337 e. The molecule has 6 rings (SSSR count). The second kappa shape index (κ2) is 9.45. The first kappa shape index (κ1) is 23.9. The van der Waals surface area contributed by atoms with Crippen molar-refractivity contribution in [2.24, 2.45) is 4.99 Å². The number of carbonyl (C=O) groups excluding carboxylic acids is 1. The predicted molar refractivity (Wildman–Crippen MR) is 147 cm³/mol. The molecule has 0 unspecified atom stereocenters. The standard InChI is InChI=1S/C29H20Cl2N2O3S/c1-36-28(35)18-8-6-16(7-9-18)14-24-27(34)33-26(21-13-11-19(30)15-23(21)31)22-12-10-17-4-2-3-5-20(17)25(22)32-29(33)37-24/h2-9,11,13-15,26H,10,12H2,1H3/t26-/m1/s1. The van der Waals surface area contributed by atoms with Gasteiger partial charge in [-0.1, -0.05) is 77.0 Å². The van der Waals surface area contributed by atoms with Crippen molar-refractivity contribution in [3.63, 3.8) is 0 Å². The van der Waals surface area contributed by atoms with Crippen molar-refractivity contribution < 1.29 is 9.53 Å². The molecule has 8 heteroatoms. The summed E-state index contributed by atoms with van der Waals surface area (Å²) < 4.78 is 7.07. The molecule has 0 radical (unpaired) electrons. The normalized spacial score (nSPS) is 16.5. The highest BCUT2D eigenvalue weighted by atomic mass is 35.5. The summed E-state index contributed by atoms with van der Waals surface area (Å²) >= 11 is 14.3. The molecule has 0 saturated heterocycles. The fraction of sp³-hybridized carbons (Fsp3) is 0.138. The van der Waals surface area contributed by atoms with E-state index >= 15 is 0 Å². The van der Waals surface area contributed by atoms with Gasteiger partial charge in [0.25, 0.3) is 5.56 Å². The molecule has 184 valence electrons. The summed E-state index contributed by atoms with van der Waals surface area (Å²) in [6, 6.07) is 20.3. The molecule has 3 aromatic carbocycles. The van der Waals surface area contributed by atoms with Gasteiger partial charge in [0.2, 0.25) is 0 Å². The zero-order valence-corrected chi connectivity index (χ0v) is 22.0. The van der Waals surface area contributed by atoms with E-state index in [-0.39, 0.29) is 11.6 Å². The summed E-state index contributed by atoms with van der Waals surface area (Å²) in [5.74, 6) is -0.406. The number of aryl methyl sites for hydroxylation is 1. The van der Waals surface area contributed by atoms with Crippen molar-refractivity contribution >= 4 is 52.3 Å². The average molecular weight is 547 g/mol. The Morgan fingerprint density at radius 2 is 1.86 bits per heavy atom. The highest BCUT2D eigenvalue weighted by Crippen LogP contribution is 2.43. The Balaban J connectivity index is 1.57. The van der Waals surface area contributed by atoms with Gasteiger partial charge in [-0.05, 0) is 65.4 Å². The molecule has 0 bridgehead atoms. The Morgan fingerprint density at radius 3 is 2.62 bits per heavy atom. The average Bonchev–Trinajstić information content (AvgIpc) is 3.22. The third kappa shape index (κ3) is 4.15. The molecule has 5 nitrogen and oxygen atoms in total. The van der Waals surface area contributed by atoms with Crippen molar-refractivity contribution in [3.8, 4) is 0 Å². The van der Waals surface area contributed by atoms with Crippen LogP contribution in [0.5, 0.6) is 0 Å². The number of aromatic nitrogens is 1. The highest BCUT2D eigenvalue weighted by Gasteiger charge is 2.33. The molecule has 0 amide bonds. The molecule has 1 aromatic heterocycles. The minimum atomic E-state index is -0.406. The van der Waals surface area contributed by atoms with Crippen LogP contribution in [0.3, 0.4) is 0 Å². The number of ether oxygens (including phenoxy) is 1. The second-order valence-electron chi connectivity index (χ2n) is 8.89. The highest BCUT2D eigenvalue weighted by molar-refractivity contribution is 7.07. The maximum absolute atomic E-state index is 13.8. The van der Waals surface area contributed by atoms with E-state index in [9.17, 15) is 9.59 Å². The minimum Gasteiger partial charge on any atom is -0.465 e. The van der Waals surface area contributed by atoms with Crippen molar-refractivity contribution in [1.82, 2.24) is 4.57 Å². The Morgan fingerprint density at radius 1 is 1.08 bits per heavy atom. The van der Waals surface area contributed by atoms with Gasteiger partial charge in [0.05, 0.1) is 28.9 Å². The molecule has 1 atom stereocenters. The van der Waals surface area contributed by atoms with Gasteiger partial charge in [0.15, 0.2) is 4.80 Å². The monoisotopic (exact) mass is 546 g/mol. The lowest BCUT2D eigenvalue weighted by Gasteiger charge is -2.31. The van der Waals surface area contributed by atoms with Gasteiger partial charge in [0, 0.05) is 15.6 Å². The van der Waals surface area contributed by atoms with E-state index in [1.807, 2.05) is 24.3 Å². The van der Waals surface area contributed by atoms with Gasteiger partial charge in [0.1, 0.15) is 0 Å². The van der Waals surface area contributed by atoms with E-state index in [0.29, 0.717) is 24.9 Å². The molecule has 0 spiro atoms. The van der Waals surface area contributed by atoms with E-state index in [0.717, 1.165) is 40.8 Å². The molecule has 4 aromatic rings. The van der Waals surface area contributed by atoms with Gasteiger partial charge in [-0.2, -0.15) is 0 Å². The second-order valence-corrected chi connectivity index (χ2v) is 10.7. The summed E-state index contributed by atoms with van der Waals surface area (Å²) in [7, 11) is 1.35. The molecule has 0 saturated carbocycles. The lowest BCUT2D eigenvalue weighted by atomic mass is 9.83. The molecule has 0 fully saturated rings. The number of allylic oxidation sites excluding steroid dienone is 1. The maximum atomic E-state index is 13.8. The number of benzene rings is 3.